The first-order valence-corrected chi connectivity index (χ1v) is 9.47. The third-order valence-electron chi connectivity index (χ3n) is 4.65. The van der Waals surface area contributed by atoms with Crippen LogP contribution in [-0.4, -0.2) is 48.1 Å². The molecule has 0 spiro atoms. The predicted octanol–water partition coefficient (Wildman–Crippen LogP) is 2.12. The van der Waals surface area contributed by atoms with Crippen LogP contribution < -0.4 is 10.6 Å². The highest BCUT2D eigenvalue weighted by Gasteiger charge is 2.24. The van der Waals surface area contributed by atoms with Crippen LogP contribution in [0.15, 0.2) is 0 Å². The Bertz CT molecular complexity index is 749. The van der Waals surface area contributed by atoms with Crippen LogP contribution in [0.1, 0.15) is 71.1 Å². The molecule has 3 N–H and O–H groups in total. The number of hydrogen-bond donors (Lipinski definition) is 3. The SMILES string of the molecule is CCOC(=O)c1c(C)[nH]c(C(=O)OCC(=O)NC(=O)NC2CCCCC2)c1C. The fourth-order valence-corrected chi connectivity index (χ4v) is 3.30. The summed E-state index contributed by atoms with van der Waals surface area (Å²) in [7, 11) is 0. The maximum atomic E-state index is 12.2. The van der Waals surface area contributed by atoms with Crippen LogP contribution in [0.2, 0.25) is 0 Å². The fraction of sp³-hybridized carbons (Fsp3) is 0.579. The number of H-pyrrole nitrogens is 1. The summed E-state index contributed by atoms with van der Waals surface area (Å²) in [5, 5.41) is 4.89. The highest BCUT2D eigenvalue weighted by atomic mass is 16.5. The lowest BCUT2D eigenvalue weighted by Crippen LogP contribution is -2.46. The van der Waals surface area contributed by atoms with Gasteiger partial charge in [0.2, 0.25) is 0 Å². The molecule has 0 bridgehead atoms. The first-order valence-electron chi connectivity index (χ1n) is 9.47. The summed E-state index contributed by atoms with van der Waals surface area (Å²) in [6.45, 7) is 4.52. The molecule has 1 aromatic heterocycles. The Morgan fingerprint density at radius 3 is 2.36 bits per heavy atom. The van der Waals surface area contributed by atoms with Crippen LogP contribution in [0.3, 0.4) is 0 Å². The van der Waals surface area contributed by atoms with Gasteiger partial charge in [0, 0.05) is 11.7 Å². The number of aryl methyl sites for hydroxylation is 1. The first kappa shape index (κ1) is 21.5. The minimum Gasteiger partial charge on any atom is -0.462 e. The second kappa shape index (κ2) is 9.91. The molecule has 1 aliphatic rings. The average Bonchev–Trinajstić information content (AvgIpc) is 2.95. The lowest BCUT2D eigenvalue weighted by molar-refractivity contribution is -0.123. The quantitative estimate of drug-likeness (QED) is 0.636. The molecule has 9 heteroatoms. The normalized spacial score (nSPS) is 14.2. The van der Waals surface area contributed by atoms with Gasteiger partial charge in [-0.2, -0.15) is 0 Å². The number of nitrogens with one attached hydrogen (secondary N) is 3. The zero-order chi connectivity index (χ0) is 20.7. The Balaban J connectivity index is 1.86. The van der Waals surface area contributed by atoms with Crippen molar-refractivity contribution in [3.63, 3.8) is 0 Å². The Morgan fingerprint density at radius 1 is 1.04 bits per heavy atom. The van der Waals surface area contributed by atoms with Crippen LogP contribution in [0.5, 0.6) is 0 Å². The van der Waals surface area contributed by atoms with E-state index in [-0.39, 0.29) is 23.9 Å². The number of hydrogen-bond acceptors (Lipinski definition) is 6. The van der Waals surface area contributed by atoms with E-state index < -0.39 is 30.5 Å². The van der Waals surface area contributed by atoms with E-state index in [1.807, 2.05) is 0 Å². The summed E-state index contributed by atoms with van der Waals surface area (Å²) in [6, 6.07) is -0.528. The van der Waals surface area contributed by atoms with Crippen molar-refractivity contribution in [3.05, 3.63) is 22.5 Å². The van der Waals surface area contributed by atoms with Gasteiger partial charge in [0.1, 0.15) is 5.69 Å². The molecule has 154 valence electrons. The van der Waals surface area contributed by atoms with E-state index in [1.54, 1.807) is 20.8 Å². The third kappa shape index (κ3) is 5.58. The zero-order valence-electron chi connectivity index (χ0n) is 16.5. The summed E-state index contributed by atoms with van der Waals surface area (Å²) in [6.07, 6.45) is 5.05. The van der Waals surface area contributed by atoms with Crippen molar-refractivity contribution in [2.45, 2.75) is 58.9 Å². The molecule has 1 heterocycles. The lowest BCUT2D eigenvalue weighted by Gasteiger charge is -2.22. The molecule has 28 heavy (non-hydrogen) atoms. The number of ether oxygens (including phenoxy) is 2. The molecule has 0 unspecified atom stereocenters. The van der Waals surface area contributed by atoms with Crippen molar-refractivity contribution in [1.29, 1.82) is 0 Å². The number of aromatic nitrogens is 1. The smallest absolute Gasteiger partial charge is 0.355 e. The van der Waals surface area contributed by atoms with E-state index in [9.17, 15) is 19.2 Å². The molecular formula is C19H27N3O6. The van der Waals surface area contributed by atoms with Crippen LogP contribution in [0.25, 0.3) is 0 Å². The van der Waals surface area contributed by atoms with E-state index in [0.29, 0.717) is 11.3 Å². The second-order valence-corrected chi connectivity index (χ2v) is 6.78. The maximum Gasteiger partial charge on any atom is 0.355 e. The minimum atomic E-state index is -0.793. The number of imide groups is 1. The van der Waals surface area contributed by atoms with Gasteiger partial charge in [-0.25, -0.2) is 14.4 Å². The third-order valence-corrected chi connectivity index (χ3v) is 4.65. The molecule has 1 fully saturated rings. The number of urea groups is 1. The maximum absolute atomic E-state index is 12.2. The Hall–Kier alpha value is -2.84. The molecule has 3 amide bonds. The Labute approximate surface area is 163 Å². The highest BCUT2D eigenvalue weighted by molar-refractivity contribution is 6.00. The summed E-state index contributed by atoms with van der Waals surface area (Å²) in [5.41, 5.74) is 1.20. The van der Waals surface area contributed by atoms with Crippen molar-refractivity contribution in [3.8, 4) is 0 Å². The number of esters is 2. The summed E-state index contributed by atoms with van der Waals surface area (Å²) < 4.78 is 9.92. The highest BCUT2D eigenvalue weighted by Crippen LogP contribution is 2.20. The zero-order valence-corrected chi connectivity index (χ0v) is 16.5. The van der Waals surface area contributed by atoms with Crippen molar-refractivity contribution >= 4 is 23.9 Å². The van der Waals surface area contributed by atoms with Crippen LogP contribution in [-0.2, 0) is 14.3 Å². The van der Waals surface area contributed by atoms with Crippen LogP contribution >= 0.6 is 0 Å². The van der Waals surface area contributed by atoms with Gasteiger partial charge in [-0.15, -0.1) is 0 Å². The number of amides is 3. The van der Waals surface area contributed by atoms with Gasteiger partial charge in [-0.1, -0.05) is 19.3 Å². The molecule has 2 rings (SSSR count). The summed E-state index contributed by atoms with van der Waals surface area (Å²) in [5.74, 6) is -2.06. The van der Waals surface area contributed by atoms with Gasteiger partial charge in [-0.05, 0) is 39.2 Å². The topological polar surface area (TPSA) is 127 Å². The molecule has 9 nitrogen and oxygen atoms in total. The molecule has 1 aromatic rings. The van der Waals surface area contributed by atoms with E-state index >= 15 is 0 Å². The number of carbonyl (C=O) groups excluding carboxylic acids is 4. The van der Waals surface area contributed by atoms with Crippen LogP contribution in [0, 0.1) is 13.8 Å². The number of rotatable bonds is 6. The van der Waals surface area contributed by atoms with Crippen LogP contribution in [0.4, 0.5) is 4.79 Å². The van der Waals surface area contributed by atoms with Gasteiger partial charge in [0.25, 0.3) is 5.91 Å². The number of aromatic amines is 1. The standard InChI is InChI=1S/C19H27N3O6/c1-4-27-17(24)15-11(2)16(20-12(15)3)18(25)28-10-14(23)22-19(26)21-13-8-6-5-7-9-13/h13,20H,4-10H2,1-3H3,(H2,21,22,23,26). The van der Waals surface area contributed by atoms with Crippen molar-refractivity contribution < 1.29 is 28.7 Å². The van der Waals surface area contributed by atoms with Gasteiger partial charge in [-0.3, -0.25) is 10.1 Å². The van der Waals surface area contributed by atoms with Crippen molar-refractivity contribution in [2.24, 2.45) is 0 Å². The molecule has 0 aliphatic heterocycles. The van der Waals surface area contributed by atoms with E-state index in [2.05, 4.69) is 15.6 Å². The minimum absolute atomic E-state index is 0.0648. The largest absolute Gasteiger partial charge is 0.462 e. The fourth-order valence-electron chi connectivity index (χ4n) is 3.30. The Kier molecular flexibility index (Phi) is 7.60. The lowest BCUT2D eigenvalue weighted by atomic mass is 9.96. The number of carbonyl (C=O) groups is 4. The molecule has 0 saturated heterocycles. The molecule has 1 aliphatic carbocycles. The molecule has 1 saturated carbocycles. The van der Waals surface area contributed by atoms with E-state index in [1.165, 1.54) is 0 Å². The molecular weight excluding hydrogens is 366 g/mol. The Morgan fingerprint density at radius 2 is 1.71 bits per heavy atom. The van der Waals surface area contributed by atoms with Gasteiger partial charge in [0.05, 0.1) is 12.2 Å². The summed E-state index contributed by atoms with van der Waals surface area (Å²) in [4.78, 5) is 50.7. The first-order chi connectivity index (χ1) is 13.3. The van der Waals surface area contributed by atoms with E-state index in [4.69, 9.17) is 9.47 Å². The van der Waals surface area contributed by atoms with Gasteiger partial charge >= 0.3 is 18.0 Å². The van der Waals surface area contributed by atoms with Crippen molar-refractivity contribution in [1.82, 2.24) is 15.6 Å². The molecule has 0 aromatic carbocycles. The molecule has 0 radical (unpaired) electrons. The summed E-state index contributed by atoms with van der Waals surface area (Å²) >= 11 is 0. The van der Waals surface area contributed by atoms with E-state index in [0.717, 1.165) is 32.1 Å². The average molecular weight is 393 g/mol. The van der Waals surface area contributed by atoms with Gasteiger partial charge < -0.3 is 19.8 Å². The monoisotopic (exact) mass is 393 g/mol. The van der Waals surface area contributed by atoms with Gasteiger partial charge in [0.15, 0.2) is 6.61 Å². The molecule has 0 atom stereocenters. The second-order valence-electron chi connectivity index (χ2n) is 6.78. The predicted molar refractivity (Wildman–Crippen MR) is 100 cm³/mol. The van der Waals surface area contributed by atoms with Crippen molar-refractivity contribution in [2.75, 3.05) is 13.2 Å².